The average molecular weight is 442 g/mol. The van der Waals surface area contributed by atoms with Crippen LogP contribution in [0.3, 0.4) is 0 Å². The Bertz CT molecular complexity index is 928. The molecule has 1 unspecified atom stereocenters. The first-order chi connectivity index (χ1) is 14.7. The summed E-state index contributed by atoms with van der Waals surface area (Å²) in [5.41, 5.74) is 2.79. The number of rotatable bonds is 4. The fourth-order valence-electron chi connectivity index (χ4n) is 4.92. The summed E-state index contributed by atoms with van der Waals surface area (Å²) in [7, 11) is 0. The van der Waals surface area contributed by atoms with Crippen molar-refractivity contribution in [3.05, 3.63) is 58.6 Å². The van der Waals surface area contributed by atoms with Gasteiger partial charge in [-0.05, 0) is 48.2 Å². The second-order valence-corrected chi connectivity index (χ2v) is 9.99. The quantitative estimate of drug-likeness (QED) is 0.705. The molecule has 0 spiro atoms. The van der Waals surface area contributed by atoms with Crippen LogP contribution >= 0.6 is 23.4 Å². The van der Waals surface area contributed by atoms with E-state index in [0.29, 0.717) is 11.9 Å². The van der Waals surface area contributed by atoms with Gasteiger partial charge in [0.05, 0.1) is 0 Å². The molecule has 2 saturated heterocycles. The van der Waals surface area contributed by atoms with E-state index in [1.54, 1.807) is 0 Å². The van der Waals surface area contributed by atoms with Crippen LogP contribution in [0.5, 0.6) is 0 Å². The van der Waals surface area contributed by atoms with Gasteiger partial charge in [0, 0.05) is 73.1 Å². The summed E-state index contributed by atoms with van der Waals surface area (Å²) in [5, 5.41) is 0.820. The smallest absolute Gasteiger partial charge is 0.222 e. The molecule has 0 N–H and O–H groups in total. The molecule has 0 aromatic heterocycles. The highest BCUT2D eigenvalue weighted by Crippen LogP contribution is 2.43. The molecule has 3 aliphatic heterocycles. The molecule has 0 bridgehead atoms. The van der Waals surface area contributed by atoms with Gasteiger partial charge in [-0.1, -0.05) is 41.6 Å². The molecule has 5 rings (SSSR count). The molecule has 3 heterocycles. The molecule has 0 radical (unpaired) electrons. The number of piperazine rings is 1. The highest BCUT2D eigenvalue weighted by molar-refractivity contribution is 7.99. The number of fused-ring (bicyclic) bond motifs is 2. The first-order valence-electron chi connectivity index (χ1n) is 11.0. The maximum atomic E-state index is 11.9. The summed E-state index contributed by atoms with van der Waals surface area (Å²) in [6.07, 6.45) is 2.76. The van der Waals surface area contributed by atoms with Gasteiger partial charge in [-0.25, -0.2) is 0 Å². The van der Waals surface area contributed by atoms with E-state index in [9.17, 15) is 4.79 Å². The number of benzene rings is 2. The van der Waals surface area contributed by atoms with Crippen LogP contribution in [0.25, 0.3) is 0 Å². The third kappa shape index (κ3) is 4.26. The lowest BCUT2D eigenvalue weighted by Crippen LogP contribution is -2.49. The van der Waals surface area contributed by atoms with Crippen molar-refractivity contribution in [2.45, 2.75) is 35.1 Å². The van der Waals surface area contributed by atoms with Crippen molar-refractivity contribution in [3.8, 4) is 0 Å². The van der Waals surface area contributed by atoms with E-state index in [4.69, 9.17) is 11.6 Å². The van der Waals surface area contributed by atoms with E-state index in [2.05, 4.69) is 46.2 Å². The molecular weight excluding hydrogens is 414 g/mol. The summed E-state index contributed by atoms with van der Waals surface area (Å²) >= 11 is 8.20. The van der Waals surface area contributed by atoms with E-state index in [1.165, 1.54) is 20.9 Å². The Morgan fingerprint density at radius 3 is 2.60 bits per heavy atom. The Kier molecular flexibility index (Phi) is 6.05. The number of carbonyl (C=O) groups is 1. The SMILES string of the molecule is O=C1CCCN1CCN1CCN(C2Cc3cc(Cl)ccc3Sc3ccccc32)CC1. The Labute approximate surface area is 188 Å². The average Bonchev–Trinajstić information content (AvgIpc) is 3.10. The van der Waals surface area contributed by atoms with E-state index < -0.39 is 0 Å². The predicted octanol–water partition coefficient (Wildman–Crippen LogP) is 4.33. The summed E-state index contributed by atoms with van der Waals surface area (Å²) < 4.78 is 0. The van der Waals surface area contributed by atoms with Crippen molar-refractivity contribution in [2.24, 2.45) is 0 Å². The van der Waals surface area contributed by atoms with Crippen LogP contribution in [-0.4, -0.2) is 66.4 Å². The third-order valence-electron chi connectivity index (χ3n) is 6.64. The fraction of sp³-hybridized carbons (Fsp3) is 0.458. The van der Waals surface area contributed by atoms with Crippen LogP contribution in [0.4, 0.5) is 0 Å². The van der Waals surface area contributed by atoms with Crippen molar-refractivity contribution in [3.63, 3.8) is 0 Å². The van der Waals surface area contributed by atoms with Crippen LogP contribution in [0.2, 0.25) is 5.02 Å². The molecule has 2 fully saturated rings. The second-order valence-electron chi connectivity index (χ2n) is 8.47. The van der Waals surface area contributed by atoms with Crippen LogP contribution in [-0.2, 0) is 11.2 Å². The lowest BCUT2D eigenvalue weighted by atomic mass is 9.96. The molecular formula is C24H28ClN3OS. The molecule has 1 amide bonds. The van der Waals surface area contributed by atoms with Gasteiger partial charge in [0.1, 0.15) is 0 Å². The summed E-state index contributed by atoms with van der Waals surface area (Å²) in [6.45, 7) is 7.08. The zero-order valence-corrected chi connectivity index (χ0v) is 18.8. The molecule has 0 aliphatic carbocycles. The normalized spacial score (nSPS) is 22.6. The van der Waals surface area contributed by atoms with Gasteiger partial charge in [0.25, 0.3) is 0 Å². The maximum Gasteiger partial charge on any atom is 0.222 e. The zero-order valence-electron chi connectivity index (χ0n) is 17.2. The Morgan fingerprint density at radius 1 is 0.967 bits per heavy atom. The number of likely N-dealkylation sites (tertiary alicyclic amines) is 1. The minimum Gasteiger partial charge on any atom is -0.341 e. The van der Waals surface area contributed by atoms with Gasteiger partial charge in [-0.15, -0.1) is 0 Å². The molecule has 3 aliphatic rings. The number of carbonyl (C=O) groups excluding carboxylic acids is 1. The van der Waals surface area contributed by atoms with E-state index >= 15 is 0 Å². The molecule has 1 atom stereocenters. The predicted molar refractivity (Wildman–Crippen MR) is 122 cm³/mol. The van der Waals surface area contributed by atoms with Gasteiger partial charge < -0.3 is 4.90 Å². The maximum absolute atomic E-state index is 11.9. The van der Waals surface area contributed by atoms with Crippen LogP contribution < -0.4 is 0 Å². The van der Waals surface area contributed by atoms with Gasteiger partial charge in [-0.2, -0.15) is 0 Å². The summed E-state index contributed by atoms with van der Waals surface area (Å²) in [6, 6.07) is 15.5. The highest BCUT2D eigenvalue weighted by atomic mass is 35.5. The van der Waals surface area contributed by atoms with Gasteiger partial charge in [-0.3, -0.25) is 14.6 Å². The zero-order chi connectivity index (χ0) is 20.5. The molecule has 158 valence electrons. The van der Waals surface area contributed by atoms with Crippen molar-refractivity contribution in [1.82, 2.24) is 14.7 Å². The highest BCUT2D eigenvalue weighted by Gasteiger charge is 2.30. The largest absolute Gasteiger partial charge is 0.341 e. The third-order valence-corrected chi connectivity index (χ3v) is 8.08. The fourth-order valence-corrected chi connectivity index (χ4v) is 6.23. The van der Waals surface area contributed by atoms with E-state index in [0.717, 1.165) is 70.1 Å². The topological polar surface area (TPSA) is 26.8 Å². The molecule has 2 aromatic rings. The van der Waals surface area contributed by atoms with Crippen molar-refractivity contribution in [2.75, 3.05) is 45.8 Å². The number of nitrogens with zero attached hydrogens (tertiary/aromatic N) is 3. The Morgan fingerprint density at radius 2 is 1.80 bits per heavy atom. The van der Waals surface area contributed by atoms with Gasteiger partial charge >= 0.3 is 0 Å². The van der Waals surface area contributed by atoms with E-state index in [1.807, 2.05) is 22.7 Å². The van der Waals surface area contributed by atoms with Gasteiger partial charge in [0.2, 0.25) is 5.91 Å². The molecule has 30 heavy (non-hydrogen) atoms. The van der Waals surface area contributed by atoms with Crippen molar-refractivity contribution in [1.29, 1.82) is 0 Å². The summed E-state index contributed by atoms with van der Waals surface area (Å²) in [4.78, 5) is 21.7. The Balaban J connectivity index is 1.28. The second kappa shape index (κ2) is 8.91. The minimum absolute atomic E-state index is 0.332. The first-order valence-corrected chi connectivity index (χ1v) is 12.2. The van der Waals surface area contributed by atoms with Crippen molar-refractivity contribution >= 4 is 29.3 Å². The lowest BCUT2D eigenvalue weighted by Gasteiger charge is -2.40. The molecule has 0 saturated carbocycles. The van der Waals surface area contributed by atoms with Crippen LogP contribution in [0, 0.1) is 0 Å². The molecule has 2 aromatic carbocycles. The standard InChI is InChI=1S/C24H28ClN3OS/c25-19-7-8-22-18(16-19)17-21(20-4-1-2-5-23(20)30-22)27-13-10-26(11-14-27)12-15-28-9-3-6-24(28)29/h1-2,4-5,7-8,16,21H,3,6,9-15,17H2. The molecule has 4 nitrogen and oxygen atoms in total. The van der Waals surface area contributed by atoms with Gasteiger partial charge in [0.15, 0.2) is 0 Å². The van der Waals surface area contributed by atoms with Crippen LogP contribution in [0.15, 0.2) is 52.3 Å². The number of hydrogen-bond donors (Lipinski definition) is 0. The number of hydrogen-bond acceptors (Lipinski definition) is 4. The lowest BCUT2D eigenvalue weighted by molar-refractivity contribution is -0.127. The van der Waals surface area contributed by atoms with E-state index in [-0.39, 0.29) is 0 Å². The monoisotopic (exact) mass is 441 g/mol. The summed E-state index contributed by atoms with van der Waals surface area (Å²) in [5.74, 6) is 0.332. The number of halogens is 1. The first kappa shape index (κ1) is 20.4. The number of amides is 1. The molecule has 6 heteroatoms. The minimum atomic E-state index is 0.332. The van der Waals surface area contributed by atoms with Crippen LogP contribution in [0.1, 0.15) is 30.0 Å². The Hall–Kier alpha value is -1.53. The van der Waals surface area contributed by atoms with Crippen molar-refractivity contribution < 1.29 is 4.79 Å².